The highest BCUT2D eigenvalue weighted by atomic mass is 19.4. The van der Waals surface area contributed by atoms with Crippen molar-refractivity contribution in [3.8, 4) is 6.07 Å². The quantitative estimate of drug-likeness (QED) is 0.571. The summed E-state index contributed by atoms with van der Waals surface area (Å²) in [6.07, 6.45) is -2.91. The molecule has 0 aliphatic carbocycles. The highest BCUT2D eigenvalue weighted by molar-refractivity contribution is 5.86. The molecule has 0 unspecified atom stereocenters. The molecule has 3 aromatic rings. The largest absolute Gasteiger partial charge is 0.416 e. The monoisotopic (exact) mass is 470 g/mol. The third kappa shape index (κ3) is 4.18. The van der Waals surface area contributed by atoms with Gasteiger partial charge in [-0.25, -0.2) is 9.78 Å². The van der Waals surface area contributed by atoms with Crippen molar-refractivity contribution >= 4 is 22.5 Å². The molecule has 0 saturated carbocycles. The Kier molecular flexibility index (Phi) is 6.21. The first kappa shape index (κ1) is 23.5. The summed E-state index contributed by atoms with van der Waals surface area (Å²) in [6, 6.07) is 10.5. The molecule has 0 radical (unpaired) electrons. The summed E-state index contributed by atoms with van der Waals surface area (Å²) in [5.41, 5.74) is 0.939. The lowest BCUT2D eigenvalue weighted by molar-refractivity contribution is -0.137. The maximum atomic E-state index is 13.0. The Morgan fingerprint density at radius 3 is 2.21 bits per heavy atom. The van der Waals surface area contributed by atoms with Gasteiger partial charge in [-0.2, -0.15) is 23.4 Å². The molecule has 1 aromatic carbocycles. The predicted molar refractivity (Wildman–Crippen MR) is 124 cm³/mol. The fourth-order valence-corrected chi connectivity index (χ4v) is 4.54. The number of aromatic nitrogens is 3. The average molecular weight is 470 g/mol. The first-order chi connectivity index (χ1) is 16.2. The molecule has 0 bridgehead atoms. The number of fused-ring (bicyclic) bond motifs is 1. The second kappa shape index (κ2) is 8.97. The van der Waals surface area contributed by atoms with Gasteiger partial charge in [0.15, 0.2) is 5.82 Å². The Balaban J connectivity index is 1.75. The lowest BCUT2D eigenvalue weighted by atomic mass is 10.0. The fourth-order valence-electron chi connectivity index (χ4n) is 4.54. The van der Waals surface area contributed by atoms with Crippen LogP contribution in [0.4, 0.5) is 24.7 Å². The first-order valence-electron chi connectivity index (χ1n) is 11.2. The zero-order valence-corrected chi connectivity index (χ0v) is 19.2. The zero-order valence-electron chi connectivity index (χ0n) is 19.2. The molecule has 3 heterocycles. The molecule has 7 nitrogen and oxygen atoms in total. The topological polar surface area (TPSA) is 78.0 Å². The van der Waals surface area contributed by atoms with Crippen molar-refractivity contribution in [1.82, 2.24) is 14.5 Å². The van der Waals surface area contributed by atoms with Crippen LogP contribution in [0.5, 0.6) is 0 Å². The Labute approximate surface area is 195 Å². The molecule has 2 aromatic heterocycles. The van der Waals surface area contributed by atoms with Crippen molar-refractivity contribution in [2.24, 2.45) is 7.05 Å². The van der Waals surface area contributed by atoms with Gasteiger partial charge >= 0.3 is 11.9 Å². The number of aryl methyl sites for hydroxylation is 1. The van der Waals surface area contributed by atoms with Gasteiger partial charge in [-0.15, -0.1) is 0 Å². The second-order valence-electron chi connectivity index (χ2n) is 8.43. The molecule has 0 spiro atoms. The number of alkyl halides is 3. The van der Waals surface area contributed by atoms with E-state index < -0.39 is 17.4 Å². The van der Waals surface area contributed by atoms with Gasteiger partial charge in [0.2, 0.25) is 0 Å². The van der Waals surface area contributed by atoms with E-state index in [0.29, 0.717) is 29.9 Å². The Morgan fingerprint density at radius 1 is 1.00 bits per heavy atom. The molecule has 0 N–H and O–H groups in total. The number of hydrogen-bond donors (Lipinski definition) is 0. The molecule has 4 rings (SSSR count). The highest BCUT2D eigenvalue weighted by Gasteiger charge is 2.35. The maximum Gasteiger partial charge on any atom is 0.416 e. The minimum absolute atomic E-state index is 0.0143. The molecule has 1 aliphatic heterocycles. The van der Waals surface area contributed by atoms with Crippen LogP contribution in [0.1, 0.15) is 37.9 Å². The normalized spacial score (nSPS) is 18.9. The van der Waals surface area contributed by atoms with Crippen LogP contribution < -0.4 is 15.5 Å². The van der Waals surface area contributed by atoms with E-state index in [9.17, 15) is 23.2 Å². The van der Waals surface area contributed by atoms with Crippen LogP contribution in [-0.4, -0.2) is 39.7 Å². The van der Waals surface area contributed by atoms with Crippen LogP contribution in [0.25, 0.3) is 11.0 Å². The van der Waals surface area contributed by atoms with E-state index in [1.165, 1.54) is 16.7 Å². The SMILES string of the molecule is CC[C@H]1CN(c2nc(=O)n(C)c3ccc(C#N)nc23)[C@@H](CC)CN1c1ccc(C(F)(F)F)cc1. The minimum atomic E-state index is -4.38. The van der Waals surface area contributed by atoms with Gasteiger partial charge in [0, 0.05) is 37.9 Å². The van der Waals surface area contributed by atoms with E-state index in [1.54, 1.807) is 19.2 Å². The van der Waals surface area contributed by atoms with Crippen LogP contribution in [0.3, 0.4) is 0 Å². The molecule has 2 atom stereocenters. The number of halogens is 3. The number of nitriles is 1. The van der Waals surface area contributed by atoms with Gasteiger partial charge in [0.05, 0.1) is 11.1 Å². The molecule has 1 saturated heterocycles. The van der Waals surface area contributed by atoms with Gasteiger partial charge in [0.25, 0.3) is 0 Å². The number of piperazine rings is 1. The molecular formula is C24H25F3N6O. The van der Waals surface area contributed by atoms with Crippen LogP contribution in [-0.2, 0) is 13.2 Å². The van der Waals surface area contributed by atoms with E-state index in [4.69, 9.17) is 0 Å². The van der Waals surface area contributed by atoms with E-state index in [-0.39, 0.29) is 17.8 Å². The van der Waals surface area contributed by atoms with E-state index in [0.717, 1.165) is 30.7 Å². The van der Waals surface area contributed by atoms with Crippen LogP contribution in [0.2, 0.25) is 0 Å². The Hall–Kier alpha value is -3.61. The van der Waals surface area contributed by atoms with E-state index in [2.05, 4.69) is 19.8 Å². The Morgan fingerprint density at radius 2 is 1.62 bits per heavy atom. The first-order valence-corrected chi connectivity index (χ1v) is 11.2. The van der Waals surface area contributed by atoms with Crippen molar-refractivity contribution in [1.29, 1.82) is 5.26 Å². The van der Waals surface area contributed by atoms with E-state index >= 15 is 0 Å². The third-order valence-electron chi connectivity index (χ3n) is 6.49. The number of pyridine rings is 1. The maximum absolute atomic E-state index is 13.0. The van der Waals surface area contributed by atoms with Crippen LogP contribution in [0.15, 0.2) is 41.2 Å². The Bertz CT molecular complexity index is 1300. The number of nitrogens with zero attached hydrogens (tertiary/aromatic N) is 6. The number of benzene rings is 1. The standard InChI is InChI=1S/C24H25F3N6O/c1-4-17-14-33(22-21-20(31(3)23(34)30-22)11-8-16(12-28)29-21)18(5-2)13-32(17)19-9-6-15(7-10-19)24(25,26)27/h6-11,17-18H,4-5,13-14H2,1-3H3/t17-,18-/m0/s1. The van der Waals surface area contributed by atoms with Gasteiger partial charge in [0.1, 0.15) is 17.3 Å². The van der Waals surface area contributed by atoms with Gasteiger partial charge < -0.3 is 9.80 Å². The summed E-state index contributed by atoms with van der Waals surface area (Å²) < 4.78 is 40.5. The summed E-state index contributed by atoms with van der Waals surface area (Å²) in [5.74, 6) is 0.438. The molecular weight excluding hydrogens is 445 g/mol. The van der Waals surface area contributed by atoms with Crippen LogP contribution >= 0.6 is 0 Å². The van der Waals surface area contributed by atoms with Gasteiger partial charge in [-0.1, -0.05) is 13.8 Å². The summed E-state index contributed by atoms with van der Waals surface area (Å²) in [4.78, 5) is 25.6. The summed E-state index contributed by atoms with van der Waals surface area (Å²) in [7, 11) is 1.61. The van der Waals surface area contributed by atoms with E-state index in [1.807, 2.05) is 19.9 Å². The van der Waals surface area contributed by atoms with Crippen molar-refractivity contribution < 1.29 is 13.2 Å². The molecule has 178 valence electrons. The second-order valence-corrected chi connectivity index (χ2v) is 8.43. The minimum Gasteiger partial charge on any atom is -0.365 e. The van der Waals surface area contributed by atoms with Crippen molar-refractivity contribution in [2.75, 3.05) is 22.9 Å². The zero-order chi connectivity index (χ0) is 24.6. The van der Waals surface area contributed by atoms with Gasteiger partial charge in [-0.05, 0) is 49.2 Å². The smallest absolute Gasteiger partial charge is 0.365 e. The van der Waals surface area contributed by atoms with Crippen molar-refractivity contribution in [3.63, 3.8) is 0 Å². The molecule has 34 heavy (non-hydrogen) atoms. The number of anilines is 2. The lowest BCUT2D eigenvalue weighted by Crippen LogP contribution is -2.59. The summed E-state index contributed by atoms with van der Waals surface area (Å²) >= 11 is 0. The summed E-state index contributed by atoms with van der Waals surface area (Å²) in [5, 5.41) is 9.34. The average Bonchev–Trinajstić information content (AvgIpc) is 2.84. The third-order valence-corrected chi connectivity index (χ3v) is 6.49. The number of rotatable bonds is 4. The van der Waals surface area contributed by atoms with Crippen molar-refractivity contribution in [2.45, 2.75) is 44.9 Å². The number of hydrogen-bond acceptors (Lipinski definition) is 6. The predicted octanol–water partition coefficient (Wildman–Crippen LogP) is 4.10. The van der Waals surface area contributed by atoms with Crippen molar-refractivity contribution in [3.05, 3.63) is 58.1 Å². The van der Waals surface area contributed by atoms with Crippen LogP contribution in [0, 0.1) is 11.3 Å². The van der Waals surface area contributed by atoms with Gasteiger partial charge in [-0.3, -0.25) is 4.57 Å². The fraction of sp³-hybridized carbons (Fsp3) is 0.417. The summed E-state index contributed by atoms with van der Waals surface area (Å²) in [6.45, 7) is 5.11. The molecule has 0 amide bonds. The molecule has 1 fully saturated rings. The lowest BCUT2D eigenvalue weighted by Gasteiger charge is -2.48. The highest BCUT2D eigenvalue weighted by Crippen LogP contribution is 2.34. The molecule has 10 heteroatoms. The molecule has 1 aliphatic rings.